The number of halogens is 1. The number of carboxylic acids is 1. The molecule has 0 amide bonds. The number of benzene rings is 3. The molecule has 0 bridgehead atoms. The van der Waals surface area contributed by atoms with E-state index in [4.69, 9.17) is 4.74 Å². The Morgan fingerprint density at radius 1 is 0.939 bits per heavy atom. The Balaban J connectivity index is 1.59. The molecule has 4 rings (SSSR count). The number of carboxylic acid groups (broad SMARTS) is 1. The molecule has 0 fully saturated rings. The lowest BCUT2D eigenvalue weighted by Crippen LogP contribution is -2.10. The molecular formula is C29H27FO3. The first-order chi connectivity index (χ1) is 15.6. The van der Waals surface area contributed by atoms with E-state index in [-0.39, 0.29) is 17.7 Å². The van der Waals surface area contributed by atoms with Gasteiger partial charge in [-0.2, -0.15) is 0 Å². The van der Waals surface area contributed by atoms with E-state index in [0.717, 1.165) is 33.8 Å². The number of hydrogen-bond donors (Lipinski definition) is 1. The van der Waals surface area contributed by atoms with Gasteiger partial charge in [0.05, 0.1) is 6.42 Å². The molecule has 3 nitrogen and oxygen atoms in total. The Kier molecular flexibility index (Phi) is 5.94. The van der Waals surface area contributed by atoms with Gasteiger partial charge < -0.3 is 9.84 Å². The van der Waals surface area contributed by atoms with Crippen LogP contribution in [0.5, 0.6) is 11.5 Å². The highest BCUT2D eigenvalue weighted by Crippen LogP contribution is 2.44. The van der Waals surface area contributed by atoms with Crippen LogP contribution < -0.4 is 4.74 Å². The quantitative estimate of drug-likeness (QED) is 0.440. The maximum absolute atomic E-state index is 13.9. The van der Waals surface area contributed by atoms with Crippen LogP contribution in [0.25, 0.3) is 17.2 Å². The van der Waals surface area contributed by atoms with Gasteiger partial charge in [0.2, 0.25) is 0 Å². The average Bonchev–Trinajstić information content (AvgIpc) is 2.99. The fraction of sp³-hybridized carbons (Fsp3) is 0.207. The summed E-state index contributed by atoms with van der Waals surface area (Å²) < 4.78 is 19.8. The first-order valence-electron chi connectivity index (χ1n) is 10.9. The van der Waals surface area contributed by atoms with Crippen LogP contribution in [0.4, 0.5) is 4.39 Å². The molecular weight excluding hydrogens is 415 g/mol. The SMILES string of the molecule is CC1=C(CC(=O)O)c2cc(F)ccc2/C1=C\c1ccc(Oc2ccc(C(C)(C)C)cc2)cc1. The molecule has 0 radical (unpaired) electrons. The number of ether oxygens (including phenoxy) is 1. The largest absolute Gasteiger partial charge is 0.481 e. The molecule has 0 heterocycles. The minimum absolute atomic E-state index is 0.0925. The van der Waals surface area contributed by atoms with Crippen molar-refractivity contribution < 1.29 is 19.0 Å². The summed E-state index contributed by atoms with van der Waals surface area (Å²) in [7, 11) is 0. The lowest BCUT2D eigenvalue weighted by molar-refractivity contribution is -0.135. The summed E-state index contributed by atoms with van der Waals surface area (Å²) in [5.74, 6) is 0.201. The molecule has 0 saturated carbocycles. The lowest BCUT2D eigenvalue weighted by Gasteiger charge is -2.19. The van der Waals surface area contributed by atoms with Gasteiger partial charge in [0.25, 0.3) is 0 Å². The highest BCUT2D eigenvalue weighted by molar-refractivity contribution is 6.07. The van der Waals surface area contributed by atoms with E-state index in [9.17, 15) is 14.3 Å². The van der Waals surface area contributed by atoms with Crippen molar-refractivity contribution in [3.05, 3.63) is 100 Å². The highest BCUT2D eigenvalue weighted by atomic mass is 19.1. The zero-order chi connectivity index (χ0) is 23.8. The van der Waals surface area contributed by atoms with Gasteiger partial charge >= 0.3 is 5.97 Å². The number of hydrogen-bond acceptors (Lipinski definition) is 2. The van der Waals surface area contributed by atoms with Crippen LogP contribution in [0, 0.1) is 5.82 Å². The van der Waals surface area contributed by atoms with Crippen molar-refractivity contribution in [3.8, 4) is 11.5 Å². The predicted octanol–water partition coefficient (Wildman–Crippen LogP) is 7.72. The third-order valence-corrected chi connectivity index (χ3v) is 5.93. The van der Waals surface area contributed by atoms with E-state index >= 15 is 0 Å². The van der Waals surface area contributed by atoms with E-state index in [1.165, 1.54) is 17.7 Å². The van der Waals surface area contributed by atoms with Crippen molar-refractivity contribution in [2.75, 3.05) is 0 Å². The molecule has 33 heavy (non-hydrogen) atoms. The van der Waals surface area contributed by atoms with Crippen molar-refractivity contribution in [2.45, 2.75) is 39.5 Å². The van der Waals surface area contributed by atoms with E-state index in [1.54, 1.807) is 6.07 Å². The third kappa shape index (κ3) is 4.90. The van der Waals surface area contributed by atoms with Crippen LogP contribution in [0.15, 0.2) is 72.3 Å². The Morgan fingerprint density at radius 3 is 2.12 bits per heavy atom. The molecule has 3 aromatic rings. The van der Waals surface area contributed by atoms with Crippen LogP contribution in [-0.4, -0.2) is 11.1 Å². The summed E-state index contributed by atoms with van der Waals surface area (Å²) in [5, 5.41) is 9.31. The fourth-order valence-corrected chi connectivity index (χ4v) is 4.09. The monoisotopic (exact) mass is 442 g/mol. The average molecular weight is 443 g/mol. The second-order valence-corrected chi connectivity index (χ2v) is 9.37. The van der Waals surface area contributed by atoms with Gasteiger partial charge in [0, 0.05) is 0 Å². The molecule has 1 aliphatic carbocycles. The van der Waals surface area contributed by atoms with Crippen molar-refractivity contribution in [2.24, 2.45) is 0 Å². The van der Waals surface area contributed by atoms with Crippen molar-refractivity contribution in [3.63, 3.8) is 0 Å². The van der Waals surface area contributed by atoms with Crippen molar-refractivity contribution in [1.82, 2.24) is 0 Å². The number of carbonyl (C=O) groups is 1. The Morgan fingerprint density at radius 2 is 1.55 bits per heavy atom. The minimum Gasteiger partial charge on any atom is -0.481 e. The summed E-state index contributed by atoms with van der Waals surface area (Å²) in [5.41, 5.74) is 6.22. The van der Waals surface area contributed by atoms with Gasteiger partial charge in [0.15, 0.2) is 0 Å². The lowest BCUT2D eigenvalue weighted by atomic mass is 9.87. The molecule has 0 atom stereocenters. The molecule has 0 spiro atoms. The highest BCUT2D eigenvalue weighted by Gasteiger charge is 2.25. The minimum atomic E-state index is -0.933. The van der Waals surface area contributed by atoms with Gasteiger partial charge in [-0.1, -0.05) is 51.1 Å². The van der Waals surface area contributed by atoms with E-state index < -0.39 is 5.97 Å². The molecule has 0 aliphatic heterocycles. The fourth-order valence-electron chi connectivity index (χ4n) is 4.09. The third-order valence-electron chi connectivity index (χ3n) is 5.93. The van der Waals surface area contributed by atoms with Gasteiger partial charge in [-0.3, -0.25) is 4.79 Å². The van der Waals surface area contributed by atoms with Crippen molar-refractivity contribution >= 4 is 23.2 Å². The van der Waals surface area contributed by atoms with Crippen LogP contribution in [-0.2, 0) is 10.2 Å². The van der Waals surface area contributed by atoms with Gasteiger partial charge in [0.1, 0.15) is 17.3 Å². The zero-order valence-corrected chi connectivity index (χ0v) is 19.3. The standard InChI is InChI=1S/C29H27FO3/c1-18-25(24-14-9-21(30)16-27(24)26(18)17-28(31)32)15-19-5-10-22(11-6-19)33-23-12-7-20(8-13-23)29(2,3)4/h5-16H,17H2,1-4H3,(H,31,32)/b25-15-. The normalized spacial score (nSPS) is 14.5. The first kappa shape index (κ1) is 22.5. The smallest absolute Gasteiger partial charge is 0.307 e. The molecule has 3 aromatic carbocycles. The predicted molar refractivity (Wildman–Crippen MR) is 131 cm³/mol. The summed E-state index contributed by atoms with van der Waals surface area (Å²) >= 11 is 0. The Bertz CT molecular complexity index is 1260. The second-order valence-electron chi connectivity index (χ2n) is 9.37. The van der Waals surface area contributed by atoms with Crippen LogP contribution >= 0.6 is 0 Å². The zero-order valence-electron chi connectivity index (χ0n) is 19.3. The Hall–Kier alpha value is -3.66. The summed E-state index contributed by atoms with van der Waals surface area (Å²) in [6.45, 7) is 8.42. The summed E-state index contributed by atoms with van der Waals surface area (Å²) in [6, 6.07) is 20.4. The number of aliphatic carboxylic acids is 1. The molecule has 168 valence electrons. The maximum Gasteiger partial charge on any atom is 0.307 e. The number of fused-ring (bicyclic) bond motifs is 1. The number of rotatable bonds is 5. The summed E-state index contributed by atoms with van der Waals surface area (Å²) in [4.78, 5) is 11.4. The molecule has 0 aromatic heterocycles. The van der Waals surface area contributed by atoms with E-state index in [1.807, 2.05) is 49.4 Å². The van der Waals surface area contributed by atoms with Crippen molar-refractivity contribution in [1.29, 1.82) is 0 Å². The topological polar surface area (TPSA) is 46.5 Å². The maximum atomic E-state index is 13.9. The molecule has 0 saturated heterocycles. The molecule has 1 N–H and O–H groups in total. The molecule has 0 unspecified atom stereocenters. The number of allylic oxidation sites excluding steroid dienone is 2. The summed E-state index contributed by atoms with van der Waals surface area (Å²) in [6.07, 6.45) is 1.86. The van der Waals surface area contributed by atoms with E-state index in [2.05, 4.69) is 32.9 Å². The molecule has 4 heteroatoms. The van der Waals surface area contributed by atoms with Gasteiger partial charge in [-0.05, 0) is 93.8 Å². The van der Waals surface area contributed by atoms with E-state index in [0.29, 0.717) is 11.1 Å². The first-order valence-corrected chi connectivity index (χ1v) is 10.9. The second kappa shape index (κ2) is 8.70. The van der Waals surface area contributed by atoms with Crippen LogP contribution in [0.1, 0.15) is 56.4 Å². The van der Waals surface area contributed by atoms with Gasteiger partial charge in [-0.15, -0.1) is 0 Å². The van der Waals surface area contributed by atoms with Crippen LogP contribution in [0.2, 0.25) is 0 Å². The van der Waals surface area contributed by atoms with Gasteiger partial charge in [-0.25, -0.2) is 4.39 Å². The molecule has 1 aliphatic rings. The van der Waals surface area contributed by atoms with Crippen LogP contribution in [0.3, 0.4) is 0 Å². The Labute approximate surface area is 193 Å².